The number of hydrogen-bond acceptors (Lipinski definition) is 4. The van der Waals surface area contributed by atoms with E-state index in [0.29, 0.717) is 12.8 Å². The number of ether oxygens (including phenoxy) is 2. The minimum absolute atomic E-state index is 0.0474. The molecule has 1 aliphatic rings. The summed E-state index contributed by atoms with van der Waals surface area (Å²) in [5.74, 6) is -0.974. The van der Waals surface area contributed by atoms with Gasteiger partial charge >= 0.3 is 5.97 Å². The number of carboxylic acids is 1. The van der Waals surface area contributed by atoms with Gasteiger partial charge < -0.3 is 19.7 Å². The summed E-state index contributed by atoms with van der Waals surface area (Å²) in [6, 6.07) is 0. The first-order chi connectivity index (χ1) is 7.00. The molecule has 0 saturated carbocycles. The molecule has 1 fully saturated rings. The average Bonchev–Trinajstić information content (AvgIpc) is 2.13. The summed E-state index contributed by atoms with van der Waals surface area (Å²) in [6.45, 7) is 3.54. The van der Waals surface area contributed by atoms with Crippen molar-refractivity contribution in [2.45, 2.75) is 44.5 Å². The smallest absolute Gasteiger partial charge is 0.336 e. The summed E-state index contributed by atoms with van der Waals surface area (Å²) in [6.07, 6.45) is 0.381. The van der Waals surface area contributed by atoms with Crippen molar-refractivity contribution in [1.29, 1.82) is 0 Å². The molecule has 0 radical (unpaired) electrons. The molecule has 0 amide bonds. The molecule has 0 spiro atoms. The number of aliphatic carboxylic acids is 1. The first kappa shape index (κ1) is 12.4. The zero-order valence-electron chi connectivity index (χ0n) is 9.10. The Morgan fingerprint density at radius 1 is 1.47 bits per heavy atom. The van der Waals surface area contributed by atoms with E-state index in [1.165, 1.54) is 0 Å². The summed E-state index contributed by atoms with van der Waals surface area (Å²) in [5.41, 5.74) is -1.19. The molecule has 0 aromatic heterocycles. The monoisotopic (exact) mass is 218 g/mol. The average molecular weight is 218 g/mol. The van der Waals surface area contributed by atoms with E-state index in [9.17, 15) is 9.90 Å². The van der Waals surface area contributed by atoms with Crippen molar-refractivity contribution in [1.82, 2.24) is 0 Å². The molecule has 1 aliphatic heterocycles. The van der Waals surface area contributed by atoms with Gasteiger partial charge in [-0.1, -0.05) is 0 Å². The minimum atomic E-state index is -1.19. The normalized spacial score (nSPS) is 36.5. The van der Waals surface area contributed by atoms with Crippen molar-refractivity contribution in [3.63, 3.8) is 0 Å². The lowest BCUT2D eigenvalue weighted by molar-refractivity contribution is -0.195. The highest BCUT2D eigenvalue weighted by Crippen LogP contribution is 2.32. The fourth-order valence-electron chi connectivity index (χ4n) is 2.10. The highest BCUT2D eigenvalue weighted by atomic mass is 16.5. The van der Waals surface area contributed by atoms with Crippen LogP contribution in [0.2, 0.25) is 0 Å². The third-order valence-electron chi connectivity index (χ3n) is 2.56. The van der Waals surface area contributed by atoms with Crippen LogP contribution < -0.4 is 0 Å². The summed E-state index contributed by atoms with van der Waals surface area (Å²) in [4.78, 5) is 11.2. The van der Waals surface area contributed by atoms with Gasteiger partial charge in [-0.3, -0.25) is 0 Å². The number of carboxylic acid groups (broad SMARTS) is 1. The van der Waals surface area contributed by atoms with Crippen molar-refractivity contribution in [3.05, 3.63) is 0 Å². The van der Waals surface area contributed by atoms with Crippen LogP contribution in [-0.4, -0.2) is 47.2 Å². The predicted molar refractivity (Wildman–Crippen MR) is 52.6 cm³/mol. The van der Waals surface area contributed by atoms with Crippen LogP contribution in [0.3, 0.4) is 0 Å². The summed E-state index contributed by atoms with van der Waals surface area (Å²) in [5, 5.41) is 17.9. The summed E-state index contributed by atoms with van der Waals surface area (Å²) >= 11 is 0. The summed E-state index contributed by atoms with van der Waals surface area (Å²) in [7, 11) is 0. The van der Waals surface area contributed by atoms with Gasteiger partial charge in [-0.05, 0) is 13.8 Å². The number of rotatable bonds is 4. The maximum absolute atomic E-state index is 11.2. The van der Waals surface area contributed by atoms with Crippen LogP contribution in [0.5, 0.6) is 0 Å². The molecule has 0 aromatic rings. The zero-order chi connectivity index (χ0) is 11.5. The quantitative estimate of drug-likeness (QED) is 0.714. The maximum atomic E-state index is 11.2. The van der Waals surface area contributed by atoms with Crippen LogP contribution in [-0.2, 0) is 14.3 Å². The first-order valence-corrected chi connectivity index (χ1v) is 5.14. The second kappa shape index (κ2) is 4.92. The Bertz CT molecular complexity index is 218. The Morgan fingerprint density at radius 2 is 2.00 bits per heavy atom. The number of aliphatic hydroxyl groups is 1. The summed E-state index contributed by atoms with van der Waals surface area (Å²) < 4.78 is 10.8. The van der Waals surface area contributed by atoms with Crippen LogP contribution >= 0.6 is 0 Å². The number of aliphatic hydroxyl groups excluding tert-OH is 1. The topological polar surface area (TPSA) is 76.0 Å². The molecule has 15 heavy (non-hydrogen) atoms. The third kappa shape index (κ3) is 2.90. The molecule has 5 heteroatoms. The van der Waals surface area contributed by atoms with Gasteiger partial charge in [0.1, 0.15) is 0 Å². The minimum Gasteiger partial charge on any atom is -0.479 e. The van der Waals surface area contributed by atoms with Crippen LogP contribution in [0, 0.1) is 0 Å². The molecule has 0 aliphatic carbocycles. The van der Waals surface area contributed by atoms with Crippen LogP contribution in [0.1, 0.15) is 26.7 Å². The lowest BCUT2D eigenvalue weighted by Crippen LogP contribution is -2.51. The highest BCUT2D eigenvalue weighted by molar-refractivity contribution is 5.77. The molecule has 1 heterocycles. The first-order valence-electron chi connectivity index (χ1n) is 5.14. The van der Waals surface area contributed by atoms with E-state index < -0.39 is 11.6 Å². The van der Waals surface area contributed by atoms with Crippen molar-refractivity contribution < 1.29 is 24.5 Å². The van der Waals surface area contributed by atoms with Crippen molar-refractivity contribution in [2.24, 2.45) is 0 Å². The van der Waals surface area contributed by atoms with E-state index in [4.69, 9.17) is 14.6 Å². The fourth-order valence-corrected chi connectivity index (χ4v) is 2.10. The van der Waals surface area contributed by atoms with Crippen LogP contribution in [0.15, 0.2) is 0 Å². The van der Waals surface area contributed by atoms with Gasteiger partial charge in [-0.15, -0.1) is 0 Å². The molecular formula is C10H18O5. The second-order valence-electron chi connectivity index (χ2n) is 4.04. The van der Waals surface area contributed by atoms with Crippen molar-refractivity contribution in [2.75, 3.05) is 13.2 Å². The molecule has 2 unspecified atom stereocenters. The Morgan fingerprint density at radius 3 is 2.40 bits per heavy atom. The third-order valence-corrected chi connectivity index (χ3v) is 2.56. The van der Waals surface area contributed by atoms with E-state index in [-0.39, 0.29) is 25.4 Å². The lowest BCUT2D eigenvalue weighted by Gasteiger charge is -2.39. The molecule has 88 valence electrons. The molecule has 0 aromatic carbocycles. The van der Waals surface area contributed by atoms with E-state index in [2.05, 4.69) is 0 Å². The molecular weight excluding hydrogens is 200 g/mol. The van der Waals surface area contributed by atoms with Gasteiger partial charge in [-0.2, -0.15) is 0 Å². The van der Waals surface area contributed by atoms with E-state index >= 15 is 0 Å². The van der Waals surface area contributed by atoms with Crippen LogP contribution in [0.4, 0.5) is 0 Å². The molecule has 2 atom stereocenters. The lowest BCUT2D eigenvalue weighted by atomic mass is 9.87. The van der Waals surface area contributed by atoms with Gasteiger partial charge in [0.15, 0.2) is 5.60 Å². The Balaban J connectivity index is 2.74. The van der Waals surface area contributed by atoms with Crippen molar-refractivity contribution in [3.8, 4) is 0 Å². The Labute approximate surface area is 89.0 Å². The van der Waals surface area contributed by atoms with E-state index in [1.807, 2.05) is 13.8 Å². The van der Waals surface area contributed by atoms with Gasteiger partial charge in [0.25, 0.3) is 0 Å². The van der Waals surface area contributed by atoms with Gasteiger partial charge in [0.2, 0.25) is 0 Å². The fraction of sp³-hybridized carbons (Fsp3) is 0.900. The molecule has 2 N–H and O–H groups in total. The van der Waals surface area contributed by atoms with Crippen molar-refractivity contribution >= 4 is 5.97 Å². The maximum Gasteiger partial charge on any atom is 0.336 e. The highest BCUT2D eigenvalue weighted by Gasteiger charge is 2.46. The molecule has 0 bridgehead atoms. The Hall–Kier alpha value is -0.650. The van der Waals surface area contributed by atoms with Gasteiger partial charge in [-0.25, -0.2) is 4.79 Å². The largest absolute Gasteiger partial charge is 0.479 e. The standard InChI is InChI=1S/C10H18O5/c1-7-5-10(9(12)13,14-4-3-11)6-8(2)15-7/h7-8,11H,3-6H2,1-2H3,(H,12,13). The van der Waals surface area contributed by atoms with Gasteiger partial charge in [0, 0.05) is 12.8 Å². The zero-order valence-corrected chi connectivity index (χ0v) is 9.10. The van der Waals surface area contributed by atoms with Gasteiger partial charge in [0.05, 0.1) is 25.4 Å². The number of carbonyl (C=O) groups is 1. The SMILES string of the molecule is CC1CC(OCCO)(C(=O)O)CC(C)O1. The second-order valence-corrected chi connectivity index (χ2v) is 4.04. The Kier molecular flexibility index (Phi) is 4.07. The molecule has 5 nitrogen and oxygen atoms in total. The van der Waals surface area contributed by atoms with E-state index in [1.54, 1.807) is 0 Å². The predicted octanol–water partition coefficient (Wildman–Crippen LogP) is 0.406. The number of hydrogen-bond donors (Lipinski definition) is 2. The van der Waals surface area contributed by atoms with E-state index in [0.717, 1.165) is 0 Å². The molecule has 1 saturated heterocycles. The molecule has 1 rings (SSSR count). The van der Waals surface area contributed by atoms with Crippen LogP contribution in [0.25, 0.3) is 0 Å².